The van der Waals surface area contributed by atoms with E-state index in [-0.39, 0.29) is 36.7 Å². The molecule has 0 spiro atoms. The van der Waals surface area contributed by atoms with Crippen LogP contribution < -0.4 is 27.2 Å². The minimum absolute atomic E-state index is 0. The number of anilines is 1. The Hall–Kier alpha value is -2.01. The van der Waals surface area contributed by atoms with Crippen molar-refractivity contribution in [3.05, 3.63) is 81.5 Å². The third kappa shape index (κ3) is 6.87. The monoisotopic (exact) mass is 662 g/mol. The number of nitrogens with zero attached hydrogens (tertiary/aromatic N) is 5. The van der Waals surface area contributed by atoms with Crippen molar-refractivity contribution in [2.45, 2.75) is 38.1 Å². The summed E-state index contributed by atoms with van der Waals surface area (Å²) in [6, 6.07) is 9.15. The molecule has 1 aliphatic carbocycles. The van der Waals surface area contributed by atoms with E-state index in [4.69, 9.17) is 23.2 Å². The Morgan fingerprint density at radius 1 is 1.17 bits per heavy atom. The van der Waals surface area contributed by atoms with Gasteiger partial charge in [-0.05, 0) is 59.4 Å². The highest BCUT2D eigenvalue weighted by molar-refractivity contribution is 6.31. The highest BCUT2D eigenvalue weighted by Crippen LogP contribution is 2.42. The number of likely N-dealkylation sites (N-methyl/N-ethyl adjacent to an activating group) is 1. The number of nitrogens with one attached hydrogen (secondary N) is 1. The van der Waals surface area contributed by atoms with Crippen LogP contribution in [-0.4, -0.2) is 60.3 Å². The summed E-state index contributed by atoms with van der Waals surface area (Å²) in [5.41, 5.74) is 4.32. The molecule has 1 N–H and O–H groups in total. The zero-order valence-corrected chi connectivity index (χ0v) is 26.1. The van der Waals surface area contributed by atoms with E-state index in [1.807, 2.05) is 6.07 Å². The van der Waals surface area contributed by atoms with Gasteiger partial charge in [0.25, 0.3) is 0 Å². The largest absolute Gasteiger partial charge is 1.00 e. The van der Waals surface area contributed by atoms with E-state index in [1.165, 1.54) is 28.3 Å². The number of hydrogen-bond acceptors (Lipinski definition) is 4. The van der Waals surface area contributed by atoms with Crippen LogP contribution in [0.2, 0.25) is 10.0 Å². The maximum absolute atomic E-state index is 13.4. The summed E-state index contributed by atoms with van der Waals surface area (Å²) < 4.78 is 44.7. The summed E-state index contributed by atoms with van der Waals surface area (Å²) in [5.74, 6) is 0.926. The molecule has 42 heavy (non-hydrogen) atoms. The van der Waals surface area contributed by atoms with Crippen LogP contribution >= 0.6 is 35.6 Å². The first-order valence-corrected chi connectivity index (χ1v) is 14.4. The first kappa shape index (κ1) is 32.9. The Morgan fingerprint density at radius 2 is 1.95 bits per heavy atom. The lowest BCUT2D eigenvalue weighted by Crippen LogP contribution is -3.00. The molecule has 2 aromatic heterocycles. The van der Waals surface area contributed by atoms with E-state index in [1.54, 1.807) is 18.0 Å². The average molecular weight is 664 g/mol. The molecule has 13 heteroatoms. The number of rotatable bonds is 8. The van der Waals surface area contributed by atoms with Gasteiger partial charge in [0.1, 0.15) is 24.8 Å². The lowest BCUT2D eigenvalue weighted by Gasteiger charge is -2.37. The lowest BCUT2D eigenvalue weighted by atomic mass is 9.92. The number of benzene rings is 1. The van der Waals surface area contributed by atoms with Gasteiger partial charge in [-0.25, -0.2) is 14.1 Å². The van der Waals surface area contributed by atoms with Crippen LogP contribution in [-0.2, 0) is 25.7 Å². The molecule has 1 saturated heterocycles. The maximum Gasteiger partial charge on any atom is 0.434 e. The van der Waals surface area contributed by atoms with E-state index < -0.39 is 16.9 Å². The van der Waals surface area contributed by atoms with E-state index in [2.05, 4.69) is 55.2 Å². The zero-order valence-electron chi connectivity index (χ0n) is 23.0. The molecule has 1 unspecified atom stereocenters. The Balaban J connectivity index is 0.00000202. The van der Waals surface area contributed by atoms with Gasteiger partial charge in [-0.3, -0.25) is 4.90 Å². The Morgan fingerprint density at radius 3 is 2.67 bits per heavy atom. The fraction of sp³-hybridized carbons (Fsp3) is 0.448. The van der Waals surface area contributed by atoms with Crippen molar-refractivity contribution in [3.8, 4) is 0 Å². The van der Waals surface area contributed by atoms with Gasteiger partial charge in [-0.15, -0.1) is 12.4 Å². The molecule has 4 heterocycles. The summed E-state index contributed by atoms with van der Waals surface area (Å²) >= 11 is 12.2. The molecule has 1 atom stereocenters. The molecule has 6 nitrogen and oxygen atoms in total. The second-order valence-electron chi connectivity index (χ2n) is 11.0. The van der Waals surface area contributed by atoms with Gasteiger partial charge >= 0.3 is 6.18 Å². The second-order valence-corrected chi connectivity index (χ2v) is 11.9. The van der Waals surface area contributed by atoms with Crippen LogP contribution in [0.15, 0.2) is 54.6 Å². The zero-order chi connectivity index (χ0) is 28.0. The second kappa shape index (κ2) is 13.3. The van der Waals surface area contributed by atoms with Crippen molar-refractivity contribution in [1.29, 1.82) is 0 Å². The van der Waals surface area contributed by atoms with E-state index in [0.717, 1.165) is 50.6 Å². The topological polar surface area (TPSA) is 40.2 Å². The molecule has 0 saturated carbocycles. The predicted octanol–water partition coefficient (Wildman–Crippen LogP) is 2.36. The Bertz CT molecular complexity index is 1440. The van der Waals surface area contributed by atoms with Crippen molar-refractivity contribution in [2.24, 2.45) is 5.92 Å². The fourth-order valence-electron chi connectivity index (χ4n) is 6.07. The minimum atomic E-state index is -4.60. The van der Waals surface area contributed by atoms with Gasteiger partial charge in [0, 0.05) is 50.7 Å². The third-order valence-electron chi connectivity index (χ3n) is 8.34. The van der Waals surface area contributed by atoms with Gasteiger partial charge in [-0.1, -0.05) is 29.3 Å². The minimum Gasteiger partial charge on any atom is -1.00 e. The van der Waals surface area contributed by atoms with Crippen molar-refractivity contribution >= 4 is 47.0 Å². The maximum atomic E-state index is 13.4. The summed E-state index contributed by atoms with van der Waals surface area (Å²) in [7, 11) is 1.78. The van der Waals surface area contributed by atoms with E-state index >= 15 is 0 Å². The highest BCUT2D eigenvalue weighted by atomic mass is 35.5. The molecule has 3 aliphatic rings. The normalized spacial score (nSPS) is 18.6. The number of hydrogen-bond donors (Lipinski definition) is 1. The Kier molecular flexibility index (Phi) is 10.4. The van der Waals surface area contributed by atoms with Gasteiger partial charge in [0.05, 0.1) is 17.6 Å². The molecule has 3 aromatic rings. The van der Waals surface area contributed by atoms with Crippen molar-refractivity contribution < 1.29 is 30.1 Å². The van der Waals surface area contributed by atoms with Crippen LogP contribution in [0.5, 0.6) is 0 Å². The van der Waals surface area contributed by atoms with Crippen LogP contribution in [0.25, 0.3) is 5.57 Å². The molecule has 1 aromatic carbocycles. The van der Waals surface area contributed by atoms with Gasteiger partial charge in [-0.2, -0.15) is 13.2 Å². The first-order chi connectivity index (χ1) is 19.2. The average Bonchev–Trinajstić information content (AvgIpc) is 3.49. The van der Waals surface area contributed by atoms with Crippen LogP contribution in [0.4, 0.5) is 19.0 Å². The molecule has 0 bridgehead atoms. The quantitative estimate of drug-likeness (QED) is 0.376. The van der Waals surface area contributed by atoms with Gasteiger partial charge < -0.3 is 22.6 Å². The van der Waals surface area contributed by atoms with Crippen LogP contribution in [0, 0.1) is 5.92 Å². The van der Waals surface area contributed by atoms with Crippen LogP contribution in [0.3, 0.4) is 0 Å². The highest BCUT2D eigenvalue weighted by Gasteiger charge is 2.37. The molecule has 1 fully saturated rings. The predicted molar refractivity (Wildman–Crippen MR) is 158 cm³/mol. The van der Waals surface area contributed by atoms with Crippen LogP contribution in [0.1, 0.15) is 23.2 Å². The van der Waals surface area contributed by atoms with E-state index in [9.17, 15) is 13.2 Å². The van der Waals surface area contributed by atoms with Gasteiger partial charge in [0.2, 0.25) is 6.33 Å². The number of fused-ring (bicyclic) bond motifs is 2. The SMILES string of the molecule is CN(CCN1CCC2=C(Cc3ccc(Cl)cc32)C1Cn1cc[n+](CC2CNC2)c1)c1ccc(Cl)c(C(F)(F)F)n1.Cl.[Cl-]. The van der Waals surface area contributed by atoms with Crippen molar-refractivity contribution in [1.82, 2.24) is 19.8 Å². The number of pyridine rings is 1. The summed E-state index contributed by atoms with van der Waals surface area (Å²) in [5, 5.41) is 3.69. The third-order valence-corrected chi connectivity index (χ3v) is 8.88. The fourth-order valence-corrected chi connectivity index (χ4v) is 6.46. The first-order valence-electron chi connectivity index (χ1n) is 13.6. The van der Waals surface area contributed by atoms with Gasteiger partial charge in [0.15, 0.2) is 5.69 Å². The molecular formula is C29H33Cl4F3N6. The number of imidazole rings is 1. The summed E-state index contributed by atoms with van der Waals surface area (Å²) in [4.78, 5) is 8.07. The smallest absolute Gasteiger partial charge is 0.434 e. The molecule has 6 rings (SSSR count). The molecule has 0 amide bonds. The summed E-state index contributed by atoms with van der Waals surface area (Å²) in [6.45, 7) is 6.01. The van der Waals surface area contributed by atoms with Crippen molar-refractivity contribution in [3.63, 3.8) is 0 Å². The lowest BCUT2D eigenvalue weighted by molar-refractivity contribution is -0.703. The molecule has 0 radical (unpaired) electrons. The number of halogens is 7. The standard InChI is InChI=1S/C29H32Cl2F3N6.2ClH/c1-37(27-5-4-25(31)28(36-27)29(32,33)34)8-11-40-7-6-22-23-13-21(30)3-2-20(23)12-24(22)26(40)17-39-10-9-38(18-39)16-19-14-35-15-19;;/h2-5,9-10,13,18-19,26,35H,6-8,11-12,14-17H2,1H3;2*1H/q+1;;/p-1. The molecule has 2 aliphatic heterocycles. The Labute approximate surface area is 266 Å². The number of aromatic nitrogens is 3. The van der Waals surface area contributed by atoms with Crippen molar-refractivity contribution in [2.75, 3.05) is 44.7 Å². The molecular weight excluding hydrogens is 631 g/mol. The van der Waals surface area contributed by atoms with E-state index in [0.29, 0.717) is 19.0 Å². The molecule has 228 valence electrons. The number of alkyl halides is 3. The summed E-state index contributed by atoms with van der Waals surface area (Å²) in [6.07, 6.45) is 3.68.